The predicted octanol–water partition coefficient (Wildman–Crippen LogP) is 9.90. The van der Waals surface area contributed by atoms with Crippen molar-refractivity contribution < 1.29 is 26.3 Å². The first kappa shape index (κ1) is 45.1. The number of aliphatic imine (C=N–C) groups is 2. The second kappa shape index (κ2) is 17.9. The quantitative estimate of drug-likeness (QED) is 0.0863. The van der Waals surface area contributed by atoms with E-state index in [2.05, 4.69) is 63.3 Å². The van der Waals surface area contributed by atoms with Crippen molar-refractivity contribution >= 4 is 61.2 Å². The van der Waals surface area contributed by atoms with Gasteiger partial charge in [0.05, 0.1) is 22.6 Å². The van der Waals surface area contributed by atoms with Crippen molar-refractivity contribution in [3.63, 3.8) is 0 Å². The van der Waals surface area contributed by atoms with Gasteiger partial charge in [0.2, 0.25) is 11.4 Å². The zero-order valence-corrected chi connectivity index (χ0v) is 35.8. The standard InChI is InChI=1S/C22H17F3N4S.C15H13F3N2S.C7H5BrN2/c1-13-7-15(27-2)10-28-18(13)6-4-14-3-5-17(25)16(8-14)22(12-24)19-9-21(19,11-23)30-20(26)29-22;1-2-9-3-4-11(18)10(5-9)15(8-17)12-6-14(12,7-16)21-13(19)20-15;1-5-3-6(9-2)4-10-7(5)8/h3,5,7-8,10,19H,9,11-12H2,1H3,(H2,26,29);1,3-5,12H,6-8H2,(H2,19,20);3-4H,1H3/t19-,21-,22-;12-,14-,15-;/m11./s1. The highest BCUT2D eigenvalue weighted by atomic mass is 79.9. The molecule has 4 aliphatic rings. The van der Waals surface area contributed by atoms with Gasteiger partial charge in [-0.05, 0) is 108 Å². The molecule has 0 bridgehead atoms. The lowest BCUT2D eigenvalue weighted by molar-refractivity contribution is 0.257. The number of benzene rings is 2. The van der Waals surface area contributed by atoms with Crippen LogP contribution in [0.25, 0.3) is 9.69 Å². The van der Waals surface area contributed by atoms with Crippen LogP contribution in [0.3, 0.4) is 0 Å². The molecule has 2 aliphatic heterocycles. The molecule has 312 valence electrons. The number of aryl methyl sites for hydroxylation is 2. The largest absolute Gasteiger partial charge is 0.378 e. The number of thioether (sulfide) groups is 2. The van der Waals surface area contributed by atoms with Gasteiger partial charge in [0.25, 0.3) is 0 Å². The molecule has 2 aromatic heterocycles. The summed E-state index contributed by atoms with van der Waals surface area (Å²) in [5.41, 5.74) is 12.8. The lowest BCUT2D eigenvalue weighted by Gasteiger charge is -2.34. The van der Waals surface area contributed by atoms with E-state index in [1.165, 1.54) is 42.6 Å². The van der Waals surface area contributed by atoms with Gasteiger partial charge in [-0.3, -0.25) is 9.97 Å². The number of nitrogens with zero attached hydrogens (tertiary/aromatic N) is 6. The number of nitrogens with two attached hydrogens (primary N) is 2. The smallest absolute Gasteiger partial charge is 0.205 e. The van der Waals surface area contributed by atoms with Gasteiger partial charge in [-0.1, -0.05) is 35.4 Å². The molecule has 0 amide bonds. The number of alkyl halides is 4. The summed E-state index contributed by atoms with van der Waals surface area (Å²) in [6.07, 6.45) is 9.09. The molecular weight excluding hydrogens is 899 g/mol. The average molecular weight is 934 g/mol. The Labute approximate surface area is 366 Å². The van der Waals surface area contributed by atoms with Crippen molar-refractivity contribution in [3.05, 3.63) is 139 Å². The molecule has 4 heterocycles. The molecule has 6 atom stereocenters. The van der Waals surface area contributed by atoms with Crippen LogP contribution in [0.1, 0.15) is 51.9 Å². The molecule has 0 spiro atoms. The van der Waals surface area contributed by atoms with Gasteiger partial charge in [0.15, 0.2) is 10.3 Å². The summed E-state index contributed by atoms with van der Waals surface area (Å²) < 4.78 is 83.4. The lowest BCUT2D eigenvalue weighted by atomic mass is 9.84. The van der Waals surface area contributed by atoms with Crippen LogP contribution in [0.5, 0.6) is 0 Å². The summed E-state index contributed by atoms with van der Waals surface area (Å²) in [6.45, 7) is 14.2. The number of amidine groups is 2. The summed E-state index contributed by atoms with van der Waals surface area (Å²) in [7, 11) is 0. The number of aromatic nitrogens is 2. The molecule has 0 radical (unpaired) electrons. The molecule has 8 nitrogen and oxygen atoms in total. The highest BCUT2D eigenvalue weighted by Gasteiger charge is 2.69. The Kier molecular flexibility index (Phi) is 13.2. The third-order valence-electron chi connectivity index (χ3n) is 11.0. The Morgan fingerprint density at radius 3 is 1.66 bits per heavy atom. The third-order valence-corrected chi connectivity index (χ3v) is 14.3. The molecule has 61 heavy (non-hydrogen) atoms. The van der Waals surface area contributed by atoms with Crippen LogP contribution in [-0.2, 0) is 11.1 Å². The molecule has 4 N–H and O–H groups in total. The van der Waals surface area contributed by atoms with Crippen molar-refractivity contribution in [2.75, 3.05) is 26.7 Å². The van der Waals surface area contributed by atoms with Crippen LogP contribution in [0.4, 0.5) is 37.7 Å². The first-order valence-corrected chi connectivity index (χ1v) is 20.8. The zero-order valence-electron chi connectivity index (χ0n) is 32.5. The van der Waals surface area contributed by atoms with Crippen LogP contribution >= 0.6 is 39.5 Å². The fourth-order valence-corrected chi connectivity index (χ4v) is 10.4. The lowest BCUT2D eigenvalue weighted by Crippen LogP contribution is -2.40. The first-order chi connectivity index (χ1) is 29.1. The van der Waals surface area contributed by atoms with E-state index in [4.69, 9.17) is 31.0 Å². The second-order valence-corrected chi connectivity index (χ2v) is 18.4. The Hall–Kier alpha value is -5.46. The van der Waals surface area contributed by atoms with Crippen molar-refractivity contribution in [2.45, 2.75) is 47.3 Å². The van der Waals surface area contributed by atoms with E-state index in [9.17, 15) is 26.3 Å². The summed E-state index contributed by atoms with van der Waals surface area (Å²) >= 11 is 5.46. The fraction of sp³-hybridized carbons (Fsp3) is 0.318. The van der Waals surface area contributed by atoms with E-state index in [1.54, 1.807) is 25.3 Å². The summed E-state index contributed by atoms with van der Waals surface area (Å²) in [6, 6.07) is 11.7. The van der Waals surface area contributed by atoms with Gasteiger partial charge in [-0.25, -0.2) is 46.0 Å². The second-order valence-electron chi connectivity index (χ2n) is 14.8. The Morgan fingerprint density at radius 2 is 1.21 bits per heavy atom. The predicted molar refractivity (Wildman–Crippen MR) is 232 cm³/mol. The maximum atomic E-state index is 14.8. The van der Waals surface area contributed by atoms with E-state index in [0.29, 0.717) is 41.0 Å². The SMILES string of the molecule is C#Cc1ccc(F)c([C@@]2(CF)N=C(N)S[C@@]3(CF)C[C@H]32)c1.[C-]#[N+]c1cnc(Br)c(C)c1.[C-]#[N+]c1cnc(C#Cc2ccc(F)c([C@@]3(CF)N=C(N)S[C@@]4(CF)C[C@H]43)c2)c(C)c1. The number of hydrogen-bond acceptors (Lipinski definition) is 8. The molecular formula is C44H35BrF6N8S2. The van der Waals surface area contributed by atoms with Gasteiger partial charge >= 0.3 is 0 Å². The number of halogens is 7. The molecule has 8 rings (SSSR count). The van der Waals surface area contributed by atoms with Crippen LogP contribution < -0.4 is 11.5 Å². The van der Waals surface area contributed by atoms with Crippen molar-refractivity contribution in [2.24, 2.45) is 33.3 Å². The molecule has 4 aromatic rings. The van der Waals surface area contributed by atoms with E-state index < -0.39 is 70.7 Å². The van der Waals surface area contributed by atoms with Crippen molar-refractivity contribution in [1.82, 2.24) is 9.97 Å². The van der Waals surface area contributed by atoms with Crippen LogP contribution in [0.2, 0.25) is 0 Å². The van der Waals surface area contributed by atoms with Gasteiger partial charge in [-0.2, -0.15) is 0 Å². The van der Waals surface area contributed by atoms with Gasteiger partial charge in [0, 0.05) is 46.5 Å². The first-order valence-electron chi connectivity index (χ1n) is 18.4. The number of pyridine rings is 2. The number of terminal acetylenes is 1. The van der Waals surface area contributed by atoms with Gasteiger partial charge in [0.1, 0.15) is 59.7 Å². The summed E-state index contributed by atoms with van der Waals surface area (Å²) in [5, 5.41) is 0.152. The molecule has 2 aromatic carbocycles. The monoisotopic (exact) mass is 932 g/mol. The van der Waals surface area contributed by atoms with E-state index >= 15 is 0 Å². The highest BCUT2D eigenvalue weighted by molar-refractivity contribution is 9.10. The maximum Gasteiger partial charge on any atom is 0.205 e. The van der Waals surface area contributed by atoms with Gasteiger partial charge < -0.3 is 11.5 Å². The summed E-state index contributed by atoms with van der Waals surface area (Å²) in [4.78, 5) is 23.1. The molecule has 2 aliphatic carbocycles. The van der Waals surface area contributed by atoms with Crippen LogP contribution in [0, 0.1) is 74.6 Å². The Morgan fingerprint density at radius 1 is 0.738 bits per heavy atom. The fourth-order valence-electron chi connectivity index (χ4n) is 7.62. The van der Waals surface area contributed by atoms with Crippen LogP contribution in [0.15, 0.2) is 75.5 Å². The maximum absolute atomic E-state index is 14.8. The Balaban J connectivity index is 0.000000173. The number of fused-ring (bicyclic) bond motifs is 2. The summed E-state index contributed by atoms with van der Waals surface area (Å²) in [5.74, 6) is 6.09. The molecule has 2 fully saturated rings. The van der Waals surface area contributed by atoms with Crippen molar-refractivity contribution in [3.8, 4) is 24.2 Å². The van der Waals surface area contributed by atoms with E-state index in [1.807, 2.05) is 6.92 Å². The van der Waals surface area contributed by atoms with Crippen LogP contribution in [-0.4, -0.2) is 56.5 Å². The molecule has 17 heteroatoms. The van der Waals surface area contributed by atoms with E-state index in [-0.39, 0.29) is 21.5 Å². The Bertz CT molecular complexity index is 2650. The van der Waals surface area contributed by atoms with E-state index in [0.717, 1.165) is 39.3 Å². The minimum atomic E-state index is -1.55. The number of rotatable bonds is 6. The molecule has 2 saturated carbocycles. The topological polar surface area (TPSA) is 111 Å². The third kappa shape index (κ3) is 8.70. The average Bonchev–Trinajstić information content (AvgIpc) is 4.19. The minimum absolute atomic E-state index is 0.0356. The minimum Gasteiger partial charge on any atom is -0.378 e. The molecule has 0 unspecified atom stereocenters. The zero-order chi connectivity index (χ0) is 44.3. The normalized spacial score (nSPS) is 26.2. The van der Waals surface area contributed by atoms with Crippen molar-refractivity contribution in [1.29, 1.82) is 0 Å². The highest BCUT2D eigenvalue weighted by Crippen LogP contribution is 2.67. The number of hydrogen-bond donors (Lipinski definition) is 2. The molecule has 0 saturated heterocycles. The van der Waals surface area contributed by atoms with Gasteiger partial charge in [-0.15, -0.1) is 6.42 Å².